The van der Waals surface area contributed by atoms with Crippen LogP contribution in [0.2, 0.25) is 0 Å². The minimum absolute atomic E-state index is 0.0136. The van der Waals surface area contributed by atoms with E-state index in [4.69, 9.17) is 9.47 Å². The molecule has 0 N–H and O–H groups in total. The molecule has 1 aliphatic heterocycles. The van der Waals surface area contributed by atoms with Crippen molar-refractivity contribution in [3.63, 3.8) is 0 Å². The second-order valence-corrected chi connectivity index (χ2v) is 5.02. The van der Waals surface area contributed by atoms with Crippen LogP contribution in [-0.2, 0) is 4.74 Å². The molecule has 5 nitrogen and oxygen atoms in total. The molecule has 1 atom stereocenters. The van der Waals surface area contributed by atoms with Gasteiger partial charge in [0.1, 0.15) is 4.60 Å². The van der Waals surface area contributed by atoms with E-state index in [1.165, 1.54) is 6.42 Å². The van der Waals surface area contributed by atoms with Crippen LogP contribution in [0.25, 0.3) is 10.9 Å². The summed E-state index contributed by atoms with van der Waals surface area (Å²) in [6.07, 6.45) is 5.04. The van der Waals surface area contributed by atoms with Crippen molar-refractivity contribution in [2.45, 2.75) is 25.5 Å². The second kappa shape index (κ2) is 4.85. The normalized spacial score (nSPS) is 20.2. The molecule has 0 radical (unpaired) electrons. The topological polar surface area (TPSA) is 49.2 Å². The lowest BCUT2D eigenvalue weighted by Gasteiger charge is -2.23. The SMILES string of the molecule is COc1nccc2c1c(Br)nn2C1CCCCO1. The molecule has 3 rings (SSSR count). The number of hydrogen-bond acceptors (Lipinski definition) is 4. The molecule has 1 aliphatic rings. The lowest BCUT2D eigenvalue weighted by atomic mass is 10.2. The van der Waals surface area contributed by atoms with E-state index in [2.05, 4.69) is 26.0 Å². The number of nitrogens with zero attached hydrogens (tertiary/aromatic N) is 3. The maximum Gasteiger partial charge on any atom is 0.225 e. The molecule has 0 aliphatic carbocycles. The Kier molecular flexibility index (Phi) is 3.22. The molecule has 0 bridgehead atoms. The highest BCUT2D eigenvalue weighted by Gasteiger charge is 2.22. The Labute approximate surface area is 113 Å². The van der Waals surface area contributed by atoms with Gasteiger partial charge in [-0.2, -0.15) is 5.10 Å². The number of pyridine rings is 1. The number of hydrogen-bond donors (Lipinski definition) is 0. The van der Waals surface area contributed by atoms with E-state index in [1.807, 2.05) is 10.7 Å². The minimum Gasteiger partial charge on any atom is -0.480 e. The molecule has 18 heavy (non-hydrogen) atoms. The number of methoxy groups -OCH3 is 1. The van der Waals surface area contributed by atoms with Gasteiger partial charge in [0.2, 0.25) is 5.88 Å². The Morgan fingerprint density at radius 3 is 3.11 bits per heavy atom. The smallest absolute Gasteiger partial charge is 0.225 e. The fraction of sp³-hybridized carbons (Fsp3) is 0.500. The summed E-state index contributed by atoms with van der Waals surface area (Å²) < 4.78 is 13.7. The molecular weight excluding hydrogens is 298 g/mol. The van der Waals surface area contributed by atoms with Crippen molar-refractivity contribution in [2.75, 3.05) is 13.7 Å². The minimum atomic E-state index is 0.0136. The number of halogens is 1. The molecule has 1 fully saturated rings. The summed E-state index contributed by atoms with van der Waals surface area (Å²) >= 11 is 3.47. The quantitative estimate of drug-likeness (QED) is 0.855. The van der Waals surface area contributed by atoms with Crippen LogP contribution >= 0.6 is 15.9 Å². The number of ether oxygens (including phenoxy) is 2. The summed E-state index contributed by atoms with van der Waals surface area (Å²) in [5, 5.41) is 5.41. The molecule has 0 amide bonds. The van der Waals surface area contributed by atoms with Gasteiger partial charge in [-0.15, -0.1) is 0 Å². The first-order chi connectivity index (χ1) is 8.81. The predicted octanol–water partition coefficient (Wildman–Crippen LogP) is 2.90. The third-order valence-electron chi connectivity index (χ3n) is 3.16. The largest absolute Gasteiger partial charge is 0.480 e. The Bertz CT molecular complexity index is 564. The second-order valence-electron chi connectivity index (χ2n) is 4.27. The van der Waals surface area contributed by atoms with Crippen LogP contribution in [-0.4, -0.2) is 28.5 Å². The van der Waals surface area contributed by atoms with Crippen molar-refractivity contribution in [1.29, 1.82) is 0 Å². The van der Waals surface area contributed by atoms with Gasteiger partial charge < -0.3 is 9.47 Å². The van der Waals surface area contributed by atoms with E-state index in [9.17, 15) is 0 Å². The van der Waals surface area contributed by atoms with E-state index in [0.717, 1.165) is 35.0 Å². The number of rotatable bonds is 2. The van der Waals surface area contributed by atoms with Crippen molar-refractivity contribution >= 4 is 26.8 Å². The average molecular weight is 312 g/mol. The van der Waals surface area contributed by atoms with Crippen LogP contribution in [0, 0.1) is 0 Å². The van der Waals surface area contributed by atoms with Gasteiger partial charge in [0.25, 0.3) is 0 Å². The number of fused-ring (bicyclic) bond motifs is 1. The Balaban J connectivity index is 2.12. The van der Waals surface area contributed by atoms with Crippen molar-refractivity contribution in [2.24, 2.45) is 0 Å². The van der Waals surface area contributed by atoms with Gasteiger partial charge in [0.15, 0.2) is 6.23 Å². The van der Waals surface area contributed by atoms with Gasteiger partial charge in [-0.3, -0.25) is 0 Å². The standard InChI is InChI=1S/C12H14BrN3O2/c1-17-12-10-8(5-6-14-12)16(15-11(10)13)9-4-2-3-7-18-9/h5-6,9H,2-4,7H2,1H3. The first-order valence-corrected chi connectivity index (χ1v) is 6.79. The molecule has 0 spiro atoms. The highest BCUT2D eigenvalue weighted by molar-refractivity contribution is 9.10. The first kappa shape index (κ1) is 11.9. The van der Waals surface area contributed by atoms with Gasteiger partial charge in [0.05, 0.1) is 18.0 Å². The monoisotopic (exact) mass is 311 g/mol. The maximum absolute atomic E-state index is 5.78. The fourth-order valence-corrected chi connectivity index (χ4v) is 2.85. The molecule has 6 heteroatoms. The van der Waals surface area contributed by atoms with Gasteiger partial charge in [-0.05, 0) is 41.3 Å². The molecule has 2 aromatic rings. The Morgan fingerprint density at radius 1 is 1.50 bits per heavy atom. The van der Waals surface area contributed by atoms with E-state index < -0.39 is 0 Å². The third-order valence-corrected chi connectivity index (χ3v) is 3.72. The van der Waals surface area contributed by atoms with E-state index >= 15 is 0 Å². The van der Waals surface area contributed by atoms with Crippen LogP contribution in [0.15, 0.2) is 16.9 Å². The zero-order chi connectivity index (χ0) is 12.5. The molecule has 3 heterocycles. The summed E-state index contributed by atoms with van der Waals surface area (Å²) in [5.41, 5.74) is 0.987. The van der Waals surface area contributed by atoms with Crippen LogP contribution in [0.5, 0.6) is 5.88 Å². The zero-order valence-corrected chi connectivity index (χ0v) is 11.7. The molecule has 0 saturated carbocycles. The Hall–Kier alpha value is -1.14. The molecule has 1 unspecified atom stereocenters. The summed E-state index contributed by atoms with van der Waals surface area (Å²) in [5.74, 6) is 0.585. The summed E-state index contributed by atoms with van der Waals surface area (Å²) in [6.45, 7) is 0.797. The van der Waals surface area contributed by atoms with Crippen molar-refractivity contribution in [3.8, 4) is 5.88 Å². The van der Waals surface area contributed by atoms with Crippen LogP contribution in [0.4, 0.5) is 0 Å². The van der Waals surface area contributed by atoms with Crippen molar-refractivity contribution in [3.05, 3.63) is 16.9 Å². The predicted molar refractivity (Wildman–Crippen MR) is 70.6 cm³/mol. The zero-order valence-electron chi connectivity index (χ0n) is 10.1. The molecule has 2 aromatic heterocycles. The van der Waals surface area contributed by atoms with E-state index in [1.54, 1.807) is 13.3 Å². The molecular formula is C12H14BrN3O2. The van der Waals surface area contributed by atoms with Crippen LogP contribution in [0.3, 0.4) is 0 Å². The summed E-state index contributed by atoms with van der Waals surface area (Å²) in [4.78, 5) is 4.20. The summed E-state index contributed by atoms with van der Waals surface area (Å²) in [7, 11) is 1.61. The highest BCUT2D eigenvalue weighted by Crippen LogP contribution is 2.34. The van der Waals surface area contributed by atoms with Crippen LogP contribution < -0.4 is 4.74 Å². The van der Waals surface area contributed by atoms with Crippen molar-refractivity contribution < 1.29 is 9.47 Å². The average Bonchev–Trinajstić information content (AvgIpc) is 2.77. The molecule has 0 aromatic carbocycles. The van der Waals surface area contributed by atoms with Crippen LogP contribution in [0.1, 0.15) is 25.5 Å². The van der Waals surface area contributed by atoms with Gasteiger partial charge >= 0.3 is 0 Å². The lowest BCUT2D eigenvalue weighted by Crippen LogP contribution is -2.19. The Morgan fingerprint density at radius 2 is 2.39 bits per heavy atom. The van der Waals surface area contributed by atoms with Crippen molar-refractivity contribution in [1.82, 2.24) is 14.8 Å². The maximum atomic E-state index is 5.78. The summed E-state index contributed by atoms with van der Waals surface area (Å²) in [6, 6.07) is 1.94. The fourth-order valence-electron chi connectivity index (χ4n) is 2.31. The lowest BCUT2D eigenvalue weighted by molar-refractivity contribution is -0.0368. The highest BCUT2D eigenvalue weighted by atomic mass is 79.9. The third kappa shape index (κ3) is 1.89. The van der Waals surface area contributed by atoms with E-state index in [-0.39, 0.29) is 6.23 Å². The molecule has 1 saturated heterocycles. The molecule has 96 valence electrons. The first-order valence-electron chi connectivity index (χ1n) is 5.99. The number of aromatic nitrogens is 3. The van der Waals surface area contributed by atoms with E-state index in [0.29, 0.717) is 5.88 Å². The van der Waals surface area contributed by atoms with Gasteiger partial charge in [-0.25, -0.2) is 9.67 Å². The van der Waals surface area contributed by atoms with Gasteiger partial charge in [0, 0.05) is 12.8 Å². The van der Waals surface area contributed by atoms with Gasteiger partial charge in [-0.1, -0.05) is 0 Å².